The molecular weight excluding hydrogens is 263 g/mol. The SMILES string of the molecule is O=C(O)CC(O)(CC(=O)O)C(=O)O.[Fe].[H-].[Na+]. The van der Waals surface area contributed by atoms with Crippen LogP contribution in [0, 0.1) is 0 Å². The van der Waals surface area contributed by atoms with Gasteiger partial charge in [0.1, 0.15) is 0 Å². The summed E-state index contributed by atoms with van der Waals surface area (Å²) in [6, 6.07) is 0. The van der Waals surface area contributed by atoms with Crippen molar-refractivity contribution in [1.82, 2.24) is 0 Å². The van der Waals surface area contributed by atoms with Crippen LogP contribution in [0.15, 0.2) is 0 Å². The predicted molar refractivity (Wildman–Crippen MR) is 38.2 cm³/mol. The number of aliphatic carboxylic acids is 3. The number of carbonyl (C=O) groups is 3. The summed E-state index contributed by atoms with van der Waals surface area (Å²) in [4.78, 5) is 30.5. The van der Waals surface area contributed by atoms with Crippen LogP contribution in [0.5, 0.6) is 0 Å². The Morgan fingerprint density at radius 2 is 1.27 bits per heavy atom. The molecule has 7 nitrogen and oxygen atoms in total. The van der Waals surface area contributed by atoms with Gasteiger partial charge in [-0.15, -0.1) is 0 Å². The van der Waals surface area contributed by atoms with Crippen LogP contribution >= 0.6 is 0 Å². The van der Waals surface area contributed by atoms with Crippen LogP contribution in [0.1, 0.15) is 14.3 Å². The van der Waals surface area contributed by atoms with Crippen molar-refractivity contribution in [3.8, 4) is 0 Å². The van der Waals surface area contributed by atoms with Gasteiger partial charge in [-0.2, -0.15) is 0 Å². The molecule has 0 amide bonds. The monoisotopic (exact) mass is 272 g/mol. The van der Waals surface area contributed by atoms with Crippen LogP contribution in [0.3, 0.4) is 0 Å². The van der Waals surface area contributed by atoms with Crippen LogP contribution < -0.4 is 29.6 Å². The van der Waals surface area contributed by atoms with Crippen molar-refractivity contribution < 1.29 is 82.9 Å². The molecule has 0 rings (SSSR count). The number of aliphatic hydroxyl groups is 1. The van der Waals surface area contributed by atoms with E-state index in [1.807, 2.05) is 0 Å². The minimum Gasteiger partial charge on any atom is -1.00 e. The van der Waals surface area contributed by atoms with Crippen LogP contribution in [0.4, 0.5) is 0 Å². The number of carboxylic acids is 3. The maximum absolute atomic E-state index is 10.3. The molecule has 0 aromatic rings. The fourth-order valence-electron chi connectivity index (χ4n) is 0.714. The maximum Gasteiger partial charge on any atom is 1.00 e. The molecule has 0 saturated carbocycles. The van der Waals surface area contributed by atoms with Gasteiger partial charge in [-0.1, -0.05) is 0 Å². The van der Waals surface area contributed by atoms with Crippen LogP contribution in [0.2, 0.25) is 0 Å². The second-order valence-electron chi connectivity index (χ2n) is 2.48. The number of carboxylic acid groups (broad SMARTS) is 3. The van der Waals surface area contributed by atoms with Gasteiger partial charge in [0, 0.05) is 17.1 Å². The van der Waals surface area contributed by atoms with Gasteiger partial charge in [-0.25, -0.2) is 4.79 Å². The van der Waals surface area contributed by atoms with Crippen molar-refractivity contribution in [3.05, 3.63) is 0 Å². The molecular formula is C6H9FeNaO7. The first-order valence-electron chi connectivity index (χ1n) is 3.17. The summed E-state index contributed by atoms with van der Waals surface area (Å²) < 4.78 is 0. The Balaban J connectivity index is -0.000000240. The normalized spacial score (nSPS) is 9.40. The van der Waals surface area contributed by atoms with Gasteiger partial charge in [-0.05, 0) is 0 Å². The van der Waals surface area contributed by atoms with E-state index in [4.69, 9.17) is 20.4 Å². The fourth-order valence-corrected chi connectivity index (χ4v) is 0.714. The summed E-state index contributed by atoms with van der Waals surface area (Å²) in [5.74, 6) is -5.02. The van der Waals surface area contributed by atoms with Crippen LogP contribution in [-0.4, -0.2) is 43.9 Å². The summed E-state index contributed by atoms with van der Waals surface area (Å²) >= 11 is 0. The summed E-state index contributed by atoms with van der Waals surface area (Å²) in [7, 11) is 0. The molecule has 0 aromatic heterocycles. The first-order chi connectivity index (χ1) is 5.78. The maximum atomic E-state index is 10.3. The predicted octanol–water partition coefficient (Wildman–Crippen LogP) is -4.13. The molecule has 0 radical (unpaired) electrons. The van der Waals surface area contributed by atoms with Crippen LogP contribution in [0.25, 0.3) is 0 Å². The minimum absolute atomic E-state index is 0. The Kier molecular flexibility index (Phi) is 11.0. The van der Waals surface area contributed by atoms with E-state index < -0.39 is 36.4 Å². The molecule has 0 unspecified atom stereocenters. The molecule has 0 aliphatic carbocycles. The molecule has 0 aliphatic heterocycles. The zero-order chi connectivity index (χ0) is 10.6. The van der Waals surface area contributed by atoms with E-state index in [9.17, 15) is 14.4 Å². The molecule has 84 valence electrons. The first-order valence-corrected chi connectivity index (χ1v) is 3.17. The molecule has 0 spiro atoms. The number of hydrogen-bond acceptors (Lipinski definition) is 4. The zero-order valence-electron chi connectivity index (χ0n) is 8.78. The molecule has 0 fully saturated rings. The van der Waals surface area contributed by atoms with Crippen molar-refractivity contribution >= 4 is 17.9 Å². The summed E-state index contributed by atoms with van der Waals surface area (Å²) in [5.41, 5.74) is -2.74. The topological polar surface area (TPSA) is 132 Å². The van der Waals surface area contributed by atoms with Gasteiger partial charge >= 0.3 is 47.5 Å². The van der Waals surface area contributed by atoms with E-state index in [2.05, 4.69) is 0 Å². The third-order valence-electron chi connectivity index (χ3n) is 1.29. The van der Waals surface area contributed by atoms with Gasteiger partial charge in [0.15, 0.2) is 5.60 Å². The van der Waals surface area contributed by atoms with Crippen molar-refractivity contribution in [2.24, 2.45) is 0 Å². The van der Waals surface area contributed by atoms with Crippen molar-refractivity contribution in [3.63, 3.8) is 0 Å². The zero-order valence-corrected chi connectivity index (χ0v) is 10.9. The summed E-state index contributed by atoms with van der Waals surface area (Å²) in [6.45, 7) is 0. The van der Waals surface area contributed by atoms with Gasteiger partial charge in [0.2, 0.25) is 0 Å². The van der Waals surface area contributed by atoms with E-state index in [0.29, 0.717) is 0 Å². The molecule has 15 heavy (non-hydrogen) atoms. The summed E-state index contributed by atoms with van der Waals surface area (Å²) in [5, 5.41) is 33.8. The summed E-state index contributed by atoms with van der Waals surface area (Å²) in [6.07, 6.45) is -2.29. The Morgan fingerprint density at radius 3 is 1.40 bits per heavy atom. The fraction of sp³-hybridized carbons (Fsp3) is 0.500. The quantitative estimate of drug-likeness (QED) is 0.373. The Bertz CT molecular complexity index is 243. The standard InChI is InChI=1S/C6H8O7.Fe.Na.H/c7-3(8)1-6(13,5(11)12)2-4(9)10;;;/h13H,1-2H2,(H,7,8)(H,9,10)(H,11,12);;;/q;;+1;-1. The molecule has 0 aliphatic rings. The third kappa shape index (κ3) is 7.78. The van der Waals surface area contributed by atoms with Crippen molar-refractivity contribution in [1.29, 1.82) is 0 Å². The van der Waals surface area contributed by atoms with Crippen molar-refractivity contribution in [2.75, 3.05) is 0 Å². The van der Waals surface area contributed by atoms with E-state index in [-0.39, 0.29) is 48.1 Å². The minimum atomic E-state index is -2.74. The van der Waals surface area contributed by atoms with E-state index in [1.54, 1.807) is 0 Å². The number of rotatable bonds is 5. The van der Waals surface area contributed by atoms with Crippen molar-refractivity contribution in [2.45, 2.75) is 18.4 Å². The van der Waals surface area contributed by atoms with Crippen LogP contribution in [-0.2, 0) is 31.5 Å². The van der Waals surface area contributed by atoms with Gasteiger partial charge in [0.05, 0.1) is 12.8 Å². The molecule has 0 bridgehead atoms. The number of hydrogen-bond donors (Lipinski definition) is 4. The van der Waals surface area contributed by atoms with E-state index in [1.165, 1.54) is 0 Å². The second kappa shape index (κ2) is 8.09. The van der Waals surface area contributed by atoms with Gasteiger partial charge in [-0.3, -0.25) is 9.59 Å². The average Bonchev–Trinajstić information content (AvgIpc) is 1.82. The van der Waals surface area contributed by atoms with Gasteiger partial charge < -0.3 is 21.9 Å². The Morgan fingerprint density at radius 1 is 1.00 bits per heavy atom. The largest absolute Gasteiger partial charge is 1.00 e. The van der Waals surface area contributed by atoms with E-state index in [0.717, 1.165) is 0 Å². The molecule has 0 aromatic carbocycles. The Labute approximate surface area is 119 Å². The van der Waals surface area contributed by atoms with Gasteiger partial charge in [0.25, 0.3) is 0 Å². The van der Waals surface area contributed by atoms with E-state index >= 15 is 0 Å². The third-order valence-corrected chi connectivity index (χ3v) is 1.29. The molecule has 9 heteroatoms. The smallest absolute Gasteiger partial charge is 1.00 e. The first kappa shape index (κ1) is 20.3. The molecule has 0 atom stereocenters. The second-order valence-corrected chi connectivity index (χ2v) is 2.48. The Hall–Kier alpha value is -0.111. The molecule has 0 saturated heterocycles. The average molecular weight is 272 g/mol. The molecule has 4 N–H and O–H groups in total. The molecule has 0 heterocycles.